The molecular formula is C46H80Cl4N14O29P4. The van der Waals surface area contributed by atoms with Gasteiger partial charge in [-0.2, -0.15) is 9.97 Å². The minimum absolute atomic E-state index is 0.0226. The largest absolute Gasteiger partial charge is 0.470 e. The van der Waals surface area contributed by atoms with Crippen LogP contribution in [-0.2, 0) is 101 Å². The van der Waals surface area contributed by atoms with Gasteiger partial charge in [0, 0.05) is 72.4 Å². The zero-order valence-corrected chi connectivity index (χ0v) is 58.3. The number of carbonyl (C=O) groups is 2. The van der Waals surface area contributed by atoms with Crippen LogP contribution in [-0.4, -0.2) is 253 Å². The van der Waals surface area contributed by atoms with Gasteiger partial charge in [-0.3, -0.25) is 36.9 Å². The number of aryl methyl sites for hydroxylation is 2. The molecule has 0 saturated carbocycles. The van der Waals surface area contributed by atoms with Crippen LogP contribution in [0.5, 0.6) is 0 Å². The number of nitrogens with zero attached hydrogens (tertiary/aromatic N) is 10. The van der Waals surface area contributed by atoms with Crippen molar-refractivity contribution in [3.8, 4) is 0 Å². The number of amides is 2. The lowest BCUT2D eigenvalue weighted by Crippen LogP contribution is -2.38. The predicted molar refractivity (Wildman–Crippen MR) is 340 cm³/mol. The minimum atomic E-state index is -5.23. The van der Waals surface area contributed by atoms with Crippen molar-refractivity contribution in [3.63, 3.8) is 0 Å². The summed E-state index contributed by atoms with van der Waals surface area (Å²) in [6.45, 7) is 5.17. The molecule has 4 heterocycles. The van der Waals surface area contributed by atoms with Gasteiger partial charge >= 0.3 is 39.2 Å². The number of carbonyl (C=O) groups excluding carboxylic acids is 2. The molecule has 0 spiro atoms. The van der Waals surface area contributed by atoms with Gasteiger partial charge < -0.3 is 109 Å². The highest BCUT2D eigenvalue weighted by atomic mass is 35.9. The number of hydrogen-bond donors (Lipinski definition) is 12. The highest BCUT2D eigenvalue weighted by Gasteiger charge is 2.50. The number of aliphatic hydroxyl groups is 4. The van der Waals surface area contributed by atoms with Gasteiger partial charge in [-0.1, -0.05) is 10.2 Å². The smallest absolute Gasteiger partial charge is 0.394 e. The Hall–Kier alpha value is -3.84. The summed E-state index contributed by atoms with van der Waals surface area (Å²) in [4.78, 5) is 98.0. The number of phosphoric ester groups is 2. The third kappa shape index (κ3) is 41.0. The predicted octanol–water partition coefficient (Wildman–Crippen LogP) is 0.914. The monoisotopic (exact) mass is 1560 g/mol. The number of aromatic nitrogens is 4. The van der Waals surface area contributed by atoms with Crippen molar-refractivity contribution in [3.05, 3.63) is 65.4 Å². The normalized spacial score (nSPS) is 19.4. The number of ether oxygens (including phenoxy) is 10. The maximum Gasteiger partial charge on any atom is 0.470 e. The summed E-state index contributed by atoms with van der Waals surface area (Å²) in [5.41, 5.74) is 27.1. The summed E-state index contributed by atoms with van der Waals surface area (Å²) in [5, 5.41) is 52.2. The Labute approximate surface area is 571 Å². The van der Waals surface area contributed by atoms with E-state index in [0.29, 0.717) is 129 Å². The molecule has 2 aliphatic heterocycles. The Morgan fingerprint density at radius 1 is 0.577 bits per heavy atom. The third-order valence-corrected chi connectivity index (χ3v) is 17.0. The lowest BCUT2D eigenvalue weighted by Gasteiger charge is -2.21. The molecule has 43 nitrogen and oxygen atoms in total. The Morgan fingerprint density at radius 2 is 0.938 bits per heavy atom. The quantitative estimate of drug-likeness (QED) is 0.0144. The number of phosphoric acid groups is 2. The van der Waals surface area contributed by atoms with Crippen LogP contribution in [0.1, 0.15) is 49.3 Å². The Morgan fingerprint density at radius 3 is 1.27 bits per heavy atom. The summed E-state index contributed by atoms with van der Waals surface area (Å²) >= 11 is 19.1. The van der Waals surface area contributed by atoms with Crippen molar-refractivity contribution in [1.82, 2.24) is 29.7 Å². The number of hydrogen-bond acceptors (Lipinski definition) is 31. The van der Waals surface area contributed by atoms with Gasteiger partial charge in [-0.25, -0.2) is 23.0 Å². The molecule has 2 amide bonds. The lowest BCUT2D eigenvalue weighted by molar-refractivity contribution is -0.123. The summed E-state index contributed by atoms with van der Waals surface area (Å²) < 4.78 is 111. The van der Waals surface area contributed by atoms with E-state index in [9.17, 15) is 67.7 Å². The molecule has 8 atom stereocenters. The van der Waals surface area contributed by atoms with Crippen LogP contribution in [0.15, 0.2) is 32.2 Å². The maximum atomic E-state index is 12.6. The second-order valence-electron chi connectivity index (χ2n) is 19.4. The van der Waals surface area contributed by atoms with Crippen molar-refractivity contribution >= 4 is 96.2 Å². The fraction of sp³-hybridized carbons (Fsp3) is 0.783. The van der Waals surface area contributed by atoms with Gasteiger partial charge in [-0.05, 0) is 81.7 Å². The average molecular weight is 1560 g/mol. The van der Waals surface area contributed by atoms with E-state index < -0.39 is 101 Å². The van der Waals surface area contributed by atoms with Gasteiger partial charge in [0.2, 0.25) is 11.8 Å². The molecule has 97 heavy (non-hydrogen) atoms. The highest BCUT2D eigenvalue weighted by molar-refractivity contribution is 8.15. The SMILES string of the molecule is O=P(Cl)(Cl)OP(=O)(Cl)Cl.[N-]=[N+]=NCCOCCOCCOCCOCCC(=O)NCCCc1cn([C@@H]2O[C@H](CO)C(O)[C@@H]2O)c(=O)nc1N.[N-]=[N+]=NCCOCCOCCOCCOCCC(=O)NCCCc1cn([C@@H]2O[C@H](COP(=O)(O)O)C(OP(=O)(O)O)[C@@H]2O)c(=O)nc1N. The molecule has 2 unspecified atom stereocenters. The first-order valence-electron chi connectivity index (χ1n) is 28.8. The summed E-state index contributed by atoms with van der Waals surface area (Å²) in [6.07, 6.45) is -15.4. The van der Waals surface area contributed by atoms with Crippen LogP contribution in [0.3, 0.4) is 0 Å². The first-order chi connectivity index (χ1) is 45.8. The van der Waals surface area contributed by atoms with E-state index in [1.165, 1.54) is 12.4 Å². The van der Waals surface area contributed by atoms with Crippen LogP contribution in [0, 0.1) is 0 Å². The van der Waals surface area contributed by atoms with E-state index >= 15 is 0 Å². The number of halogens is 4. The number of nitrogens with one attached hydrogen (secondary N) is 2. The molecule has 4 rings (SSSR count). The van der Waals surface area contributed by atoms with Crippen molar-refractivity contribution in [2.45, 2.75) is 87.6 Å². The molecular weight excluding hydrogens is 1480 g/mol. The minimum Gasteiger partial charge on any atom is -0.394 e. The van der Waals surface area contributed by atoms with E-state index in [2.05, 4.69) is 54.0 Å². The first-order valence-corrected chi connectivity index (χ1v) is 38.8. The van der Waals surface area contributed by atoms with Crippen molar-refractivity contribution in [2.75, 3.05) is 157 Å². The maximum absolute atomic E-state index is 12.6. The van der Waals surface area contributed by atoms with E-state index in [1.807, 2.05) is 0 Å². The second kappa shape index (κ2) is 48.9. The van der Waals surface area contributed by atoms with Gasteiger partial charge in [0.1, 0.15) is 48.3 Å². The zero-order valence-electron chi connectivity index (χ0n) is 51.7. The number of nitrogens with two attached hydrogens (primary N) is 2. The van der Waals surface area contributed by atoms with Crippen LogP contribution in [0.2, 0.25) is 0 Å². The van der Waals surface area contributed by atoms with Crippen molar-refractivity contribution in [2.24, 2.45) is 10.2 Å². The molecule has 556 valence electrons. The molecule has 0 radical (unpaired) electrons. The fourth-order valence-electron chi connectivity index (χ4n) is 7.90. The number of azide groups is 2. The summed E-state index contributed by atoms with van der Waals surface area (Å²) in [6, 6.07) is 0. The molecule has 2 aliphatic rings. The molecule has 0 aliphatic carbocycles. The van der Waals surface area contributed by atoms with Crippen LogP contribution >= 0.6 is 72.8 Å². The van der Waals surface area contributed by atoms with Gasteiger partial charge in [0.25, 0.3) is 0 Å². The van der Waals surface area contributed by atoms with Crippen molar-refractivity contribution in [1.29, 1.82) is 0 Å². The molecule has 2 aromatic rings. The highest BCUT2D eigenvalue weighted by Crippen LogP contribution is 2.74. The van der Waals surface area contributed by atoms with E-state index in [0.717, 1.165) is 9.13 Å². The second-order valence-corrected chi connectivity index (χ2v) is 30.6. The number of nitrogen functional groups attached to an aromatic ring is 2. The fourth-order valence-corrected chi connectivity index (χ4v) is 14.0. The summed E-state index contributed by atoms with van der Waals surface area (Å²) in [7, 11) is -10.3. The first kappa shape index (κ1) is 89.2. The molecule has 0 bridgehead atoms. The van der Waals surface area contributed by atoms with Crippen LogP contribution in [0.25, 0.3) is 20.9 Å². The molecule has 51 heteroatoms. The lowest BCUT2D eigenvalue weighted by atomic mass is 10.1. The number of aliphatic hydroxyl groups excluding tert-OH is 4. The molecule has 2 saturated heterocycles. The van der Waals surface area contributed by atoms with Gasteiger partial charge in [0.05, 0.1) is 119 Å². The average Bonchev–Trinajstić information content (AvgIpc) is 1.68. The molecule has 2 aromatic heterocycles. The standard InChI is InChI=1S/C23H41N7O16P2.C23H39N7O10.Cl4O3P2/c24-21-16(2-1-4-26-18(31)3-6-40-8-10-42-12-13-43-11-9-41-7-5-27-29-25)14-30(23(33)28-21)22-19(32)20(46-48(37,38)39)17(45-22)15-44-47(34,35)36;24-21-16(14-30(23(35)28-21)22-20(34)19(33)17(15-31)40-22)2-1-4-26-18(32)3-6-36-8-10-38-12-13-39-11-9-37-7-5-27-29-25;1-8(2,5)7-9(3,4)6/h14,17,19-20,22,32H,1-13,15H2,(H,26,31)(H2,24,28,33)(H2,34,35,36)(H2,37,38,39);14,17,19-20,22,31,33-34H,1-13,15H2,(H,26,32)(H2,24,28,35);/t17-,19+,20?,22-;17-,19?,20+,22-;/m11./s1. The van der Waals surface area contributed by atoms with Crippen LogP contribution in [0.4, 0.5) is 11.6 Å². The molecule has 2 fully saturated rings. The van der Waals surface area contributed by atoms with Gasteiger partial charge in [-0.15, -0.1) is 0 Å². The Kier molecular flexibility index (Phi) is 45.0. The zero-order chi connectivity index (χ0) is 72.5. The van der Waals surface area contributed by atoms with Crippen LogP contribution < -0.4 is 33.5 Å². The van der Waals surface area contributed by atoms with E-state index in [4.69, 9.17) is 125 Å². The van der Waals surface area contributed by atoms with E-state index in [1.54, 1.807) is 0 Å². The Balaban J connectivity index is 0.000000591. The van der Waals surface area contributed by atoms with Gasteiger partial charge in [0.15, 0.2) is 12.5 Å². The van der Waals surface area contributed by atoms with Crippen molar-refractivity contribution < 1.29 is 129 Å². The topological polar surface area (TPSA) is 628 Å². The molecule has 14 N–H and O–H groups in total. The molecule has 0 aromatic carbocycles. The number of rotatable bonds is 48. The van der Waals surface area contributed by atoms with E-state index in [-0.39, 0.29) is 75.6 Å². The Bertz CT molecular complexity index is 3060. The summed E-state index contributed by atoms with van der Waals surface area (Å²) in [5.74, 6) is -0.577. The number of anilines is 2. The third-order valence-electron chi connectivity index (χ3n) is 12.2.